The monoisotopic (exact) mass is 437 g/mol. The van der Waals surface area contributed by atoms with Crippen molar-refractivity contribution >= 4 is 21.8 Å². The fourth-order valence-corrected chi connectivity index (χ4v) is 3.48. The Morgan fingerprint density at radius 3 is 2.00 bits per heavy atom. The van der Waals surface area contributed by atoms with Crippen LogP contribution in [0.2, 0.25) is 0 Å². The maximum absolute atomic E-state index is 12.3. The summed E-state index contributed by atoms with van der Waals surface area (Å²) in [5.41, 5.74) is 3.40. The van der Waals surface area contributed by atoms with Gasteiger partial charge in [0.1, 0.15) is 0 Å². The van der Waals surface area contributed by atoms with Gasteiger partial charge in [0, 0.05) is 12.1 Å². The van der Waals surface area contributed by atoms with E-state index in [1.807, 2.05) is 42.5 Å². The van der Waals surface area contributed by atoms with Gasteiger partial charge in [0.05, 0.1) is 11.4 Å². The van der Waals surface area contributed by atoms with Crippen LogP contribution in [0.4, 0.5) is 0 Å². The van der Waals surface area contributed by atoms with Crippen LogP contribution in [0.1, 0.15) is 15.9 Å². The average Bonchev–Trinajstić information content (AvgIpc) is 2.78. The molecule has 0 unspecified atom stereocenters. The maximum atomic E-state index is 12.3. The molecule has 0 heterocycles. The van der Waals surface area contributed by atoms with Crippen LogP contribution in [-0.4, -0.2) is 33.3 Å². The first kappa shape index (κ1) is 22.2. The van der Waals surface area contributed by atoms with E-state index in [0.29, 0.717) is 18.5 Å². The van der Waals surface area contributed by atoms with Gasteiger partial charge >= 0.3 is 0 Å². The van der Waals surface area contributed by atoms with E-state index < -0.39 is 10.0 Å². The molecule has 0 saturated carbocycles. The van der Waals surface area contributed by atoms with E-state index in [4.69, 9.17) is 5.14 Å². The molecule has 0 aliphatic carbocycles. The summed E-state index contributed by atoms with van der Waals surface area (Å²) in [4.78, 5) is 24.3. The third kappa shape index (κ3) is 6.50. The topological polar surface area (TPSA) is 118 Å². The summed E-state index contributed by atoms with van der Waals surface area (Å²) in [6.07, 6.45) is 0.519. The second kappa shape index (κ2) is 10.0. The van der Waals surface area contributed by atoms with Crippen LogP contribution in [-0.2, 0) is 21.2 Å². The van der Waals surface area contributed by atoms with E-state index >= 15 is 0 Å². The summed E-state index contributed by atoms with van der Waals surface area (Å²) in [6, 6.07) is 23.2. The third-order valence-corrected chi connectivity index (χ3v) is 5.58. The van der Waals surface area contributed by atoms with Crippen LogP contribution in [0, 0.1) is 0 Å². The lowest BCUT2D eigenvalue weighted by molar-refractivity contribution is -0.120. The number of rotatable bonds is 8. The van der Waals surface area contributed by atoms with Gasteiger partial charge in [-0.3, -0.25) is 9.59 Å². The molecule has 0 spiro atoms. The van der Waals surface area contributed by atoms with Crippen LogP contribution < -0.4 is 15.8 Å². The Morgan fingerprint density at radius 2 is 1.39 bits per heavy atom. The van der Waals surface area contributed by atoms with E-state index in [1.54, 1.807) is 24.3 Å². The third-order valence-electron chi connectivity index (χ3n) is 4.65. The van der Waals surface area contributed by atoms with Gasteiger partial charge in [-0.05, 0) is 47.4 Å². The van der Waals surface area contributed by atoms with Gasteiger partial charge in [0.2, 0.25) is 15.9 Å². The molecule has 0 saturated heterocycles. The first-order valence-corrected chi connectivity index (χ1v) is 11.2. The van der Waals surface area contributed by atoms with Gasteiger partial charge in [-0.2, -0.15) is 0 Å². The fourth-order valence-electron chi connectivity index (χ4n) is 2.96. The molecule has 0 atom stereocenters. The number of amides is 2. The molecule has 0 fully saturated rings. The van der Waals surface area contributed by atoms with Gasteiger partial charge in [0.25, 0.3) is 5.91 Å². The van der Waals surface area contributed by atoms with Crippen molar-refractivity contribution in [1.29, 1.82) is 0 Å². The predicted octanol–water partition coefficient (Wildman–Crippen LogP) is 2.09. The first-order chi connectivity index (χ1) is 14.8. The quantitative estimate of drug-likeness (QED) is 0.500. The lowest BCUT2D eigenvalue weighted by Crippen LogP contribution is -2.37. The highest BCUT2D eigenvalue weighted by molar-refractivity contribution is 7.89. The molecule has 3 aromatic rings. The zero-order chi connectivity index (χ0) is 22.3. The Labute approximate surface area is 181 Å². The van der Waals surface area contributed by atoms with Crippen molar-refractivity contribution in [2.45, 2.75) is 11.3 Å². The number of carbonyl (C=O) groups is 2. The number of carbonyl (C=O) groups excluding carboxylic acids is 2. The van der Waals surface area contributed by atoms with Crippen LogP contribution in [0.15, 0.2) is 83.8 Å². The van der Waals surface area contributed by atoms with Gasteiger partial charge in [-0.1, -0.05) is 54.6 Å². The van der Waals surface area contributed by atoms with Crippen molar-refractivity contribution in [3.63, 3.8) is 0 Å². The minimum Gasteiger partial charge on any atom is -0.354 e. The number of nitrogens with one attached hydrogen (secondary N) is 2. The summed E-state index contributed by atoms with van der Waals surface area (Å²) >= 11 is 0. The molecule has 0 radical (unpaired) electrons. The average molecular weight is 438 g/mol. The van der Waals surface area contributed by atoms with Gasteiger partial charge in [0.15, 0.2) is 0 Å². The Morgan fingerprint density at radius 1 is 0.774 bits per heavy atom. The van der Waals surface area contributed by atoms with Crippen LogP contribution in [0.25, 0.3) is 11.1 Å². The molecule has 3 rings (SSSR count). The zero-order valence-corrected chi connectivity index (χ0v) is 17.6. The Kier molecular flexibility index (Phi) is 7.17. The van der Waals surface area contributed by atoms with Crippen molar-refractivity contribution in [1.82, 2.24) is 10.6 Å². The summed E-state index contributed by atoms with van der Waals surface area (Å²) in [6.45, 7) is 0.221. The van der Waals surface area contributed by atoms with Gasteiger partial charge < -0.3 is 10.6 Å². The highest BCUT2D eigenvalue weighted by Crippen LogP contribution is 2.19. The molecule has 0 aromatic heterocycles. The summed E-state index contributed by atoms with van der Waals surface area (Å²) in [5, 5.41) is 10.4. The van der Waals surface area contributed by atoms with E-state index in [2.05, 4.69) is 10.6 Å². The summed E-state index contributed by atoms with van der Waals surface area (Å²) in [5.74, 6) is -0.635. The maximum Gasteiger partial charge on any atom is 0.251 e. The van der Waals surface area contributed by atoms with Crippen LogP contribution >= 0.6 is 0 Å². The molecule has 0 aliphatic heterocycles. The highest BCUT2D eigenvalue weighted by Gasteiger charge is 2.09. The standard InChI is InChI=1S/C23H23N3O4S/c24-31(29,30)21-12-6-17(7-13-21)14-15-25-22(27)16-26-23(28)20-10-8-19(9-11-20)18-4-2-1-3-5-18/h1-13H,14-16H2,(H,25,27)(H,26,28)(H2,24,29,30). The van der Waals surface area contributed by atoms with Crippen molar-refractivity contribution in [3.05, 3.63) is 90.0 Å². The molecule has 31 heavy (non-hydrogen) atoms. The normalized spacial score (nSPS) is 11.0. The van der Waals surface area contributed by atoms with E-state index in [0.717, 1.165) is 16.7 Å². The number of sulfonamides is 1. The van der Waals surface area contributed by atoms with E-state index in [9.17, 15) is 18.0 Å². The van der Waals surface area contributed by atoms with Crippen LogP contribution in [0.3, 0.4) is 0 Å². The van der Waals surface area contributed by atoms with Crippen molar-refractivity contribution in [2.24, 2.45) is 5.14 Å². The van der Waals surface area contributed by atoms with Gasteiger partial charge in [-0.15, -0.1) is 0 Å². The Bertz CT molecular complexity index is 1140. The van der Waals surface area contributed by atoms with Crippen molar-refractivity contribution in [3.8, 4) is 11.1 Å². The Balaban J connectivity index is 1.42. The SMILES string of the molecule is NS(=O)(=O)c1ccc(CCNC(=O)CNC(=O)c2ccc(-c3ccccc3)cc2)cc1. The molecule has 0 bridgehead atoms. The molecular weight excluding hydrogens is 414 g/mol. The molecule has 7 nitrogen and oxygen atoms in total. The molecule has 3 aromatic carbocycles. The molecule has 8 heteroatoms. The highest BCUT2D eigenvalue weighted by atomic mass is 32.2. The molecule has 4 N–H and O–H groups in total. The van der Waals surface area contributed by atoms with Crippen molar-refractivity contribution in [2.75, 3.05) is 13.1 Å². The lowest BCUT2D eigenvalue weighted by atomic mass is 10.0. The summed E-state index contributed by atoms with van der Waals surface area (Å²) < 4.78 is 22.5. The van der Waals surface area contributed by atoms with E-state index in [-0.39, 0.29) is 23.3 Å². The van der Waals surface area contributed by atoms with E-state index in [1.165, 1.54) is 12.1 Å². The number of nitrogens with two attached hydrogens (primary N) is 1. The molecule has 160 valence electrons. The minimum absolute atomic E-state index is 0.0415. The van der Waals surface area contributed by atoms with Gasteiger partial charge in [-0.25, -0.2) is 13.6 Å². The zero-order valence-electron chi connectivity index (χ0n) is 16.7. The number of primary sulfonamides is 1. The summed E-state index contributed by atoms with van der Waals surface area (Å²) in [7, 11) is -3.72. The first-order valence-electron chi connectivity index (χ1n) is 9.65. The lowest BCUT2D eigenvalue weighted by Gasteiger charge is -2.08. The fraction of sp³-hybridized carbons (Fsp3) is 0.130. The van der Waals surface area contributed by atoms with Crippen molar-refractivity contribution < 1.29 is 18.0 Å². The number of hydrogen-bond donors (Lipinski definition) is 3. The largest absolute Gasteiger partial charge is 0.354 e. The second-order valence-corrected chi connectivity index (χ2v) is 8.48. The number of benzene rings is 3. The second-order valence-electron chi connectivity index (χ2n) is 6.91. The smallest absolute Gasteiger partial charge is 0.251 e. The minimum atomic E-state index is -3.72. The predicted molar refractivity (Wildman–Crippen MR) is 119 cm³/mol. The number of hydrogen-bond acceptors (Lipinski definition) is 4. The molecule has 0 aliphatic rings. The molecular formula is C23H23N3O4S. The van der Waals surface area contributed by atoms with Crippen LogP contribution in [0.5, 0.6) is 0 Å². The Hall–Kier alpha value is -3.49. The molecule has 2 amide bonds.